The van der Waals surface area contributed by atoms with Gasteiger partial charge in [-0.2, -0.15) is 0 Å². The Kier molecular flexibility index (Phi) is 3.27. The van der Waals surface area contributed by atoms with Crippen LogP contribution in [0.2, 0.25) is 5.02 Å². The molecular formula is C13H10ClN3. The third-order valence-electron chi connectivity index (χ3n) is 2.10. The van der Waals surface area contributed by atoms with Gasteiger partial charge >= 0.3 is 0 Å². The highest BCUT2D eigenvalue weighted by Gasteiger charge is 1.97. The predicted molar refractivity (Wildman–Crippen MR) is 68.6 cm³/mol. The van der Waals surface area contributed by atoms with Gasteiger partial charge in [-0.15, -0.1) is 0 Å². The zero-order valence-corrected chi connectivity index (χ0v) is 9.99. The first-order valence-electron chi connectivity index (χ1n) is 5.01. The Labute approximate surface area is 105 Å². The molecule has 0 fully saturated rings. The van der Waals surface area contributed by atoms with E-state index < -0.39 is 0 Å². The topological polar surface area (TPSA) is 51.8 Å². The molecule has 0 saturated carbocycles. The summed E-state index contributed by atoms with van der Waals surface area (Å²) >= 11 is 5.81. The quantitative estimate of drug-likeness (QED) is 0.723. The molecule has 0 spiro atoms. The van der Waals surface area contributed by atoms with Crippen molar-refractivity contribution >= 4 is 17.3 Å². The summed E-state index contributed by atoms with van der Waals surface area (Å²) in [5.74, 6) is 5.84. The Bertz CT molecular complexity index is 612. The monoisotopic (exact) mass is 243 g/mol. The summed E-state index contributed by atoms with van der Waals surface area (Å²) in [4.78, 5) is 8.21. The van der Waals surface area contributed by atoms with E-state index in [-0.39, 0.29) is 0 Å². The summed E-state index contributed by atoms with van der Waals surface area (Å²) in [6.45, 7) is 1.89. The van der Waals surface area contributed by atoms with E-state index in [1.54, 1.807) is 24.5 Å². The average Bonchev–Trinajstić information content (AvgIpc) is 2.30. The molecule has 0 aliphatic carbocycles. The number of hydrogen-bond donors (Lipinski definition) is 1. The van der Waals surface area contributed by atoms with Gasteiger partial charge in [-0.25, -0.2) is 4.98 Å². The Morgan fingerprint density at radius 2 is 2.06 bits per heavy atom. The zero-order chi connectivity index (χ0) is 12.3. The van der Waals surface area contributed by atoms with Gasteiger partial charge in [0.05, 0.1) is 10.7 Å². The lowest BCUT2D eigenvalue weighted by Crippen LogP contribution is -1.95. The first-order valence-corrected chi connectivity index (χ1v) is 5.38. The van der Waals surface area contributed by atoms with Crippen LogP contribution in [0.5, 0.6) is 0 Å². The molecule has 2 rings (SSSR count). The smallest absolute Gasteiger partial charge is 0.136 e. The molecule has 0 amide bonds. The van der Waals surface area contributed by atoms with Crippen molar-refractivity contribution in [2.24, 2.45) is 0 Å². The molecule has 0 saturated heterocycles. The molecule has 0 aromatic carbocycles. The lowest BCUT2D eigenvalue weighted by Gasteiger charge is -1.98. The third kappa shape index (κ3) is 2.96. The van der Waals surface area contributed by atoms with E-state index >= 15 is 0 Å². The van der Waals surface area contributed by atoms with Gasteiger partial charge in [0.2, 0.25) is 0 Å². The van der Waals surface area contributed by atoms with Crippen LogP contribution in [0.1, 0.15) is 17.0 Å². The number of aryl methyl sites for hydroxylation is 1. The van der Waals surface area contributed by atoms with E-state index in [4.69, 9.17) is 17.3 Å². The van der Waals surface area contributed by atoms with Crippen molar-refractivity contribution in [2.75, 3.05) is 5.73 Å². The molecule has 0 aliphatic heterocycles. The minimum absolute atomic E-state index is 0.557. The van der Waals surface area contributed by atoms with Gasteiger partial charge in [-0.1, -0.05) is 17.5 Å². The summed E-state index contributed by atoms with van der Waals surface area (Å²) in [5.41, 5.74) is 8.54. The van der Waals surface area contributed by atoms with E-state index in [2.05, 4.69) is 21.8 Å². The van der Waals surface area contributed by atoms with Gasteiger partial charge in [0.25, 0.3) is 0 Å². The van der Waals surface area contributed by atoms with Gasteiger partial charge in [0.1, 0.15) is 5.69 Å². The summed E-state index contributed by atoms with van der Waals surface area (Å²) < 4.78 is 0. The number of halogens is 1. The second kappa shape index (κ2) is 4.86. The van der Waals surface area contributed by atoms with Crippen LogP contribution in [0.3, 0.4) is 0 Å². The largest absolute Gasteiger partial charge is 0.396 e. The van der Waals surface area contributed by atoms with E-state index in [1.165, 1.54) is 0 Å². The molecule has 2 N–H and O–H groups in total. The Morgan fingerprint density at radius 1 is 1.24 bits per heavy atom. The molecule has 2 heterocycles. The normalized spacial score (nSPS) is 9.53. The Balaban J connectivity index is 2.36. The van der Waals surface area contributed by atoms with Crippen molar-refractivity contribution < 1.29 is 0 Å². The molecule has 2 aromatic rings. The van der Waals surface area contributed by atoms with Crippen LogP contribution in [-0.4, -0.2) is 9.97 Å². The fourth-order valence-corrected chi connectivity index (χ4v) is 1.45. The maximum Gasteiger partial charge on any atom is 0.136 e. The van der Waals surface area contributed by atoms with Crippen molar-refractivity contribution in [1.82, 2.24) is 9.97 Å². The van der Waals surface area contributed by atoms with Crippen LogP contribution in [0, 0.1) is 18.8 Å². The van der Waals surface area contributed by atoms with Crippen molar-refractivity contribution in [2.45, 2.75) is 6.92 Å². The number of rotatable bonds is 0. The number of nitrogen functional groups attached to an aromatic ring is 1. The number of aromatic nitrogens is 2. The maximum atomic E-state index is 5.81. The van der Waals surface area contributed by atoms with Crippen molar-refractivity contribution in [3.8, 4) is 11.8 Å². The zero-order valence-electron chi connectivity index (χ0n) is 9.24. The fourth-order valence-electron chi connectivity index (χ4n) is 1.28. The molecule has 0 bridgehead atoms. The molecule has 17 heavy (non-hydrogen) atoms. The number of nitrogens with zero attached hydrogens (tertiary/aromatic N) is 2. The third-order valence-corrected chi connectivity index (χ3v) is 2.30. The van der Waals surface area contributed by atoms with Crippen LogP contribution in [0.4, 0.5) is 5.69 Å². The average molecular weight is 244 g/mol. The van der Waals surface area contributed by atoms with E-state index in [9.17, 15) is 0 Å². The van der Waals surface area contributed by atoms with Crippen molar-refractivity contribution in [3.05, 3.63) is 52.6 Å². The lowest BCUT2D eigenvalue weighted by molar-refractivity contribution is 1.18. The fraction of sp³-hybridized carbons (Fsp3) is 0.0769. The molecule has 0 aliphatic rings. The van der Waals surface area contributed by atoms with Gasteiger partial charge in [0.15, 0.2) is 0 Å². The van der Waals surface area contributed by atoms with E-state index in [0.29, 0.717) is 16.4 Å². The predicted octanol–water partition coefficient (Wildman–Crippen LogP) is 2.42. The molecule has 4 heteroatoms. The molecular weight excluding hydrogens is 234 g/mol. The molecule has 0 unspecified atom stereocenters. The summed E-state index contributed by atoms with van der Waals surface area (Å²) in [7, 11) is 0. The van der Waals surface area contributed by atoms with E-state index in [1.807, 2.05) is 13.0 Å². The highest BCUT2D eigenvalue weighted by molar-refractivity contribution is 6.30. The number of pyridine rings is 2. The second-order valence-electron chi connectivity index (χ2n) is 3.53. The highest BCUT2D eigenvalue weighted by atomic mass is 35.5. The number of nitrogens with two attached hydrogens (primary N) is 1. The van der Waals surface area contributed by atoms with Crippen LogP contribution in [-0.2, 0) is 0 Å². The summed E-state index contributed by atoms with van der Waals surface area (Å²) in [5, 5.41) is 0.557. The first-order chi connectivity index (χ1) is 8.15. The Hall–Kier alpha value is -2.05. The van der Waals surface area contributed by atoms with Crippen LogP contribution in [0.15, 0.2) is 30.6 Å². The highest BCUT2D eigenvalue weighted by Crippen LogP contribution is 2.10. The van der Waals surface area contributed by atoms with Crippen molar-refractivity contribution in [3.63, 3.8) is 0 Å². The van der Waals surface area contributed by atoms with E-state index in [0.717, 1.165) is 11.3 Å². The second-order valence-corrected chi connectivity index (χ2v) is 3.97. The standard InChI is InChI=1S/C13H10ClN3/c1-9-2-4-12(15)13(17-9)5-3-10-6-11(14)8-16-7-10/h2,4,6-8H,15H2,1H3. The van der Waals surface area contributed by atoms with Gasteiger partial charge < -0.3 is 5.73 Å². The summed E-state index contributed by atoms with van der Waals surface area (Å²) in [6, 6.07) is 5.39. The van der Waals surface area contributed by atoms with Crippen LogP contribution >= 0.6 is 11.6 Å². The molecule has 84 valence electrons. The summed E-state index contributed by atoms with van der Waals surface area (Å²) in [6.07, 6.45) is 3.21. The molecule has 0 radical (unpaired) electrons. The van der Waals surface area contributed by atoms with Crippen molar-refractivity contribution in [1.29, 1.82) is 0 Å². The van der Waals surface area contributed by atoms with Crippen LogP contribution < -0.4 is 5.73 Å². The lowest BCUT2D eigenvalue weighted by atomic mass is 10.2. The van der Waals surface area contributed by atoms with Crippen LogP contribution in [0.25, 0.3) is 0 Å². The van der Waals surface area contributed by atoms with Gasteiger partial charge in [-0.3, -0.25) is 4.98 Å². The van der Waals surface area contributed by atoms with Gasteiger partial charge in [0, 0.05) is 23.7 Å². The minimum atomic E-state index is 0.557. The molecule has 0 atom stereocenters. The number of hydrogen-bond acceptors (Lipinski definition) is 3. The Morgan fingerprint density at radius 3 is 2.82 bits per heavy atom. The minimum Gasteiger partial charge on any atom is -0.396 e. The molecule has 2 aromatic heterocycles. The SMILES string of the molecule is Cc1ccc(N)c(C#Cc2cncc(Cl)c2)n1. The molecule has 3 nitrogen and oxygen atoms in total. The first kappa shape index (κ1) is 11.4. The maximum absolute atomic E-state index is 5.81. The van der Waals surface area contributed by atoms with Gasteiger partial charge in [-0.05, 0) is 31.0 Å². The number of anilines is 1.